The molecule has 0 aliphatic rings. The molecule has 140 valence electrons. The molecule has 5 nitrogen and oxygen atoms in total. The number of aromatic nitrogens is 3. The molecule has 1 aromatic carbocycles. The van der Waals surface area contributed by atoms with E-state index >= 15 is 0 Å². The van der Waals surface area contributed by atoms with E-state index in [1.54, 1.807) is 13.0 Å². The third-order valence-corrected chi connectivity index (χ3v) is 3.57. The first-order valence-corrected chi connectivity index (χ1v) is 8.22. The van der Waals surface area contributed by atoms with Crippen molar-refractivity contribution in [2.75, 3.05) is 6.61 Å². The lowest BCUT2D eigenvalue weighted by Crippen LogP contribution is -2.04. The molecule has 0 spiro atoms. The molecule has 2 aromatic heterocycles. The van der Waals surface area contributed by atoms with Crippen LogP contribution < -0.4 is 9.47 Å². The van der Waals surface area contributed by atoms with Gasteiger partial charge in [0, 0.05) is 17.8 Å². The van der Waals surface area contributed by atoms with E-state index < -0.39 is 11.7 Å². The average Bonchev–Trinajstić information content (AvgIpc) is 2.61. The van der Waals surface area contributed by atoms with Crippen molar-refractivity contribution in [1.82, 2.24) is 15.0 Å². The number of ether oxygens (including phenoxy) is 2. The topological polar surface area (TPSA) is 57.1 Å². The quantitative estimate of drug-likeness (QED) is 0.541. The number of nitrogens with zero attached hydrogens (tertiary/aromatic N) is 3. The molecule has 0 fully saturated rings. The van der Waals surface area contributed by atoms with Gasteiger partial charge in [-0.05, 0) is 25.1 Å². The molecule has 0 aliphatic carbocycles. The Morgan fingerprint density at radius 1 is 1.00 bits per heavy atom. The zero-order chi connectivity index (χ0) is 19.4. The van der Waals surface area contributed by atoms with Gasteiger partial charge in [0.25, 0.3) is 0 Å². The Morgan fingerprint density at radius 2 is 1.70 bits per heavy atom. The van der Waals surface area contributed by atoms with E-state index in [9.17, 15) is 13.2 Å². The monoisotopic (exact) mass is 395 g/mol. The number of pyridine rings is 1. The van der Waals surface area contributed by atoms with Crippen LogP contribution >= 0.6 is 11.6 Å². The van der Waals surface area contributed by atoms with Crippen molar-refractivity contribution in [2.45, 2.75) is 13.1 Å². The highest BCUT2D eigenvalue weighted by Gasteiger charge is 2.30. The molecule has 0 radical (unpaired) electrons. The molecular formula is C18H13ClF3N3O2. The Bertz CT molecular complexity index is 934. The van der Waals surface area contributed by atoms with Crippen LogP contribution in [0.3, 0.4) is 0 Å². The molecule has 2 heterocycles. The van der Waals surface area contributed by atoms with E-state index in [0.29, 0.717) is 17.9 Å². The van der Waals surface area contributed by atoms with Gasteiger partial charge in [0.15, 0.2) is 5.82 Å². The lowest BCUT2D eigenvalue weighted by molar-refractivity contribution is -0.137. The molecule has 3 aromatic rings. The summed E-state index contributed by atoms with van der Waals surface area (Å²) in [6.07, 6.45) is -2.94. The van der Waals surface area contributed by atoms with E-state index in [2.05, 4.69) is 15.0 Å². The number of alkyl halides is 3. The maximum atomic E-state index is 12.7. The first-order chi connectivity index (χ1) is 12.8. The van der Waals surface area contributed by atoms with Gasteiger partial charge in [-0.3, -0.25) is 0 Å². The predicted molar refractivity (Wildman–Crippen MR) is 93.0 cm³/mol. The first-order valence-electron chi connectivity index (χ1n) is 7.84. The SMILES string of the molecule is CCOc1cc(Oc2ccnc(Cl)c2)nc(-c2ccc(C(F)(F)F)cc2)n1. The minimum atomic E-state index is -4.42. The molecule has 0 amide bonds. The lowest BCUT2D eigenvalue weighted by Gasteiger charge is -2.11. The molecule has 0 saturated heterocycles. The van der Waals surface area contributed by atoms with Gasteiger partial charge in [-0.1, -0.05) is 23.7 Å². The number of halogens is 4. The van der Waals surface area contributed by atoms with Crippen molar-refractivity contribution in [3.63, 3.8) is 0 Å². The number of rotatable bonds is 5. The highest BCUT2D eigenvalue weighted by Crippen LogP contribution is 2.31. The zero-order valence-electron chi connectivity index (χ0n) is 14.0. The first kappa shape index (κ1) is 18.9. The fourth-order valence-electron chi connectivity index (χ4n) is 2.18. The van der Waals surface area contributed by atoms with Crippen LogP contribution in [0.4, 0.5) is 13.2 Å². The lowest BCUT2D eigenvalue weighted by atomic mass is 10.1. The fourth-order valence-corrected chi connectivity index (χ4v) is 2.35. The smallest absolute Gasteiger partial charge is 0.416 e. The van der Waals surface area contributed by atoms with Gasteiger partial charge >= 0.3 is 6.18 Å². The van der Waals surface area contributed by atoms with Gasteiger partial charge in [-0.15, -0.1) is 0 Å². The minimum Gasteiger partial charge on any atom is -0.478 e. The summed E-state index contributed by atoms with van der Waals surface area (Å²) in [6, 6.07) is 9.09. The molecule has 0 aliphatic heterocycles. The molecule has 3 rings (SSSR count). The largest absolute Gasteiger partial charge is 0.478 e. The van der Waals surface area contributed by atoms with E-state index in [1.807, 2.05) is 0 Å². The van der Waals surface area contributed by atoms with Crippen LogP contribution in [0.25, 0.3) is 11.4 Å². The summed E-state index contributed by atoms with van der Waals surface area (Å²) in [7, 11) is 0. The Labute approximate surface area is 157 Å². The number of benzene rings is 1. The van der Waals surface area contributed by atoms with Crippen molar-refractivity contribution < 1.29 is 22.6 Å². The standard InChI is InChI=1S/C18H13ClF3N3O2/c1-2-26-15-10-16(27-13-7-8-23-14(19)9-13)25-17(24-15)11-3-5-12(6-4-11)18(20,21)22/h3-10H,2H2,1H3. The van der Waals surface area contributed by atoms with Crippen LogP contribution in [0, 0.1) is 0 Å². The van der Waals surface area contributed by atoms with Crippen LogP contribution in [-0.4, -0.2) is 21.6 Å². The molecule has 27 heavy (non-hydrogen) atoms. The van der Waals surface area contributed by atoms with Crippen LogP contribution in [0.2, 0.25) is 5.15 Å². The summed E-state index contributed by atoms with van der Waals surface area (Å²) in [6.45, 7) is 2.13. The normalized spacial score (nSPS) is 11.3. The van der Waals surface area contributed by atoms with Crippen molar-refractivity contribution >= 4 is 11.6 Å². The molecule has 0 N–H and O–H groups in total. The summed E-state index contributed by atoms with van der Waals surface area (Å²) in [5.74, 6) is 0.961. The Balaban J connectivity index is 1.96. The number of hydrogen-bond donors (Lipinski definition) is 0. The molecule has 0 atom stereocenters. The zero-order valence-corrected chi connectivity index (χ0v) is 14.8. The third-order valence-electron chi connectivity index (χ3n) is 3.36. The maximum absolute atomic E-state index is 12.7. The Morgan fingerprint density at radius 3 is 2.33 bits per heavy atom. The maximum Gasteiger partial charge on any atom is 0.416 e. The second-order valence-electron chi connectivity index (χ2n) is 5.29. The Kier molecular flexibility index (Phi) is 5.46. The number of hydrogen-bond acceptors (Lipinski definition) is 5. The summed E-state index contributed by atoms with van der Waals surface area (Å²) >= 11 is 5.83. The van der Waals surface area contributed by atoms with E-state index in [4.69, 9.17) is 21.1 Å². The van der Waals surface area contributed by atoms with Gasteiger partial charge in [-0.25, -0.2) is 4.98 Å². The van der Waals surface area contributed by atoms with Gasteiger partial charge in [-0.2, -0.15) is 23.1 Å². The predicted octanol–water partition coefficient (Wildman–Crippen LogP) is 5.40. The molecule has 0 bridgehead atoms. The molecule has 0 saturated carbocycles. The fraction of sp³-hybridized carbons (Fsp3) is 0.167. The van der Waals surface area contributed by atoms with Gasteiger partial charge < -0.3 is 9.47 Å². The molecular weight excluding hydrogens is 383 g/mol. The highest BCUT2D eigenvalue weighted by molar-refractivity contribution is 6.29. The van der Waals surface area contributed by atoms with E-state index in [-0.39, 0.29) is 22.7 Å². The van der Waals surface area contributed by atoms with Crippen LogP contribution in [0.5, 0.6) is 17.5 Å². The van der Waals surface area contributed by atoms with Crippen LogP contribution in [0.1, 0.15) is 12.5 Å². The second kappa shape index (κ2) is 7.79. The van der Waals surface area contributed by atoms with Gasteiger partial charge in [0.05, 0.1) is 18.2 Å². The average molecular weight is 396 g/mol. The van der Waals surface area contributed by atoms with Crippen molar-refractivity contribution in [2.24, 2.45) is 0 Å². The van der Waals surface area contributed by atoms with Gasteiger partial charge in [0.2, 0.25) is 11.8 Å². The minimum absolute atomic E-state index is 0.158. The van der Waals surface area contributed by atoms with E-state index in [1.165, 1.54) is 30.5 Å². The summed E-state index contributed by atoms with van der Waals surface area (Å²) in [4.78, 5) is 12.3. The van der Waals surface area contributed by atoms with Crippen molar-refractivity contribution in [3.8, 4) is 28.9 Å². The van der Waals surface area contributed by atoms with Crippen molar-refractivity contribution in [1.29, 1.82) is 0 Å². The summed E-state index contributed by atoms with van der Waals surface area (Å²) in [5.41, 5.74) is -0.364. The molecule has 0 unspecified atom stereocenters. The molecule has 9 heteroatoms. The summed E-state index contributed by atoms with van der Waals surface area (Å²) < 4.78 is 49.3. The van der Waals surface area contributed by atoms with Crippen LogP contribution in [-0.2, 0) is 6.18 Å². The highest BCUT2D eigenvalue weighted by atomic mass is 35.5. The third kappa shape index (κ3) is 4.85. The van der Waals surface area contributed by atoms with Crippen molar-refractivity contribution in [3.05, 3.63) is 59.4 Å². The van der Waals surface area contributed by atoms with Crippen LogP contribution in [0.15, 0.2) is 48.7 Å². The summed E-state index contributed by atoms with van der Waals surface area (Å²) in [5, 5.41) is 0.245. The van der Waals surface area contributed by atoms with E-state index in [0.717, 1.165) is 12.1 Å². The Hall–Kier alpha value is -2.87. The second-order valence-corrected chi connectivity index (χ2v) is 5.68. The van der Waals surface area contributed by atoms with Gasteiger partial charge in [0.1, 0.15) is 10.9 Å².